The van der Waals surface area contributed by atoms with Gasteiger partial charge >= 0.3 is 5.97 Å². The summed E-state index contributed by atoms with van der Waals surface area (Å²) < 4.78 is 5.72. The molecule has 2 aliphatic rings. The van der Waals surface area contributed by atoms with Crippen molar-refractivity contribution in [1.82, 2.24) is 10.2 Å². The third-order valence-corrected chi connectivity index (χ3v) is 4.95. The van der Waals surface area contributed by atoms with Crippen molar-refractivity contribution in [3.05, 3.63) is 0 Å². The van der Waals surface area contributed by atoms with Crippen LogP contribution < -0.4 is 5.32 Å². The largest absolute Gasteiger partial charge is 0.480 e. The third-order valence-electron chi connectivity index (χ3n) is 4.95. The van der Waals surface area contributed by atoms with E-state index in [1.54, 1.807) is 7.05 Å². The average Bonchev–Trinajstić information content (AvgIpc) is 2.79. The van der Waals surface area contributed by atoms with Crippen LogP contribution >= 0.6 is 0 Å². The van der Waals surface area contributed by atoms with E-state index in [9.17, 15) is 9.90 Å². The molecule has 2 N–H and O–H groups in total. The second-order valence-electron chi connectivity index (χ2n) is 6.79. The lowest BCUT2D eigenvalue weighted by Gasteiger charge is -2.39. The van der Waals surface area contributed by atoms with Crippen molar-refractivity contribution >= 4 is 5.97 Å². The van der Waals surface area contributed by atoms with Crippen molar-refractivity contribution in [1.29, 1.82) is 0 Å². The molecule has 1 aliphatic heterocycles. The minimum atomic E-state index is -0.707. The summed E-state index contributed by atoms with van der Waals surface area (Å²) in [5.41, 5.74) is -0.789. The second kappa shape index (κ2) is 6.00. The molecule has 2 rings (SSSR count). The monoisotopic (exact) mass is 284 g/mol. The summed E-state index contributed by atoms with van der Waals surface area (Å²) in [6, 6.07) is 0. The van der Waals surface area contributed by atoms with Crippen LogP contribution in [0.1, 0.15) is 39.5 Å². The molecule has 0 aromatic carbocycles. The molecule has 5 nitrogen and oxygen atoms in total. The van der Waals surface area contributed by atoms with E-state index >= 15 is 0 Å². The Morgan fingerprint density at radius 3 is 2.85 bits per heavy atom. The summed E-state index contributed by atoms with van der Waals surface area (Å²) in [5.74, 6) is -0.458. The highest BCUT2D eigenvalue weighted by Crippen LogP contribution is 2.38. The van der Waals surface area contributed by atoms with E-state index in [4.69, 9.17) is 4.74 Å². The Kier molecular flexibility index (Phi) is 4.72. The fourth-order valence-corrected chi connectivity index (χ4v) is 3.83. The van der Waals surface area contributed by atoms with Crippen LogP contribution in [0.3, 0.4) is 0 Å². The number of carboxylic acids is 1. The lowest BCUT2D eigenvalue weighted by Crippen LogP contribution is -2.54. The number of hydrogen-bond donors (Lipinski definition) is 2. The van der Waals surface area contributed by atoms with E-state index < -0.39 is 11.5 Å². The topological polar surface area (TPSA) is 61.8 Å². The SMILES string of the molecule is CNC1(C(=O)O)CCCC1CCN1CCOC(C)(C)C1. The molecule has 0 spiro atoms. The molecular weight excluding hydrogens is 256 g/mol. The molecule has 20 heavy (non-hydrogen) atoms. The molecular formula is C15H28N2O3. The zero-order chi connectivity index (χ0) is 14.8. The normalized spacial score (nSPS) is 34.2. The first-order chi connectivity index (χ1) is 9.39. The first-order valence-corrected chi connectivity index (χ1v) is 7.68. The van der Waals surface area contributed by atoms with E-state index in [-0.39, 0.29) is 11.5 Å². The van der Waals surface area contributed by atoms with Crippen molar-refractivity contribution in [3.8, 4) is 0 Å². The van der Waals surface area contributed by atoms with E-state index in [1.807, 2.05) is 0 Å². The predicted molar refractivity (Wildman–Crippen MR) is 77.9 cm³/mol. The standard InChI is InChI=1S/C15H28N2O3/c1-14(2)11-17(9-10-20-14)8-6-12-5-4-7-15(12,16-3)13(18)19/h12,16H,4-11H2,1-3H3,(H,18,19). The maximum absolute atomic E-state index is 11.6. The molecule has 2 unspecified atom stereocenters. The van der Waals surface area contributed by atoms with Crippen LogP contribution in [0.4, 0.5) is 0 Å². The lowest BCUT2D eigenvalue weighted by molar-refractivity contribution is -0.146. The van der Waals surface area contributed by atoms with Gasteiger partial charge in [-0.3, -0.25) is 9.69 Å². The molecule has 1 saturated carbocycles. The van der Waals surface area contributed by atoms with Crippen LogP contribution in [0.5, 0.6) is 0 Å². The molecule has 1 saturated heterocycles. The van der Waals surface area contributed by atoms with Gasteiger partial charge in [0, 0.05) is 13.1 Å². The minimum absolute atomic E-state index is 0.0825. The van der Waals surface area contributed by atoms with Gasteiger partial charge in [0.05, 0.1) is 12.2 Å². The van der Waals surface area contributed by atoms with Crippen molar-refractivity contribution in [3.63, 3.8) is 0 Å². The summed E-state index contributed by atoms with van der Waals surface area (Å²) in [5, 5.41) is 12.6. The number of hydrogen-bond acceptors (Lipinski definition) is 4. The van der Waals surface area contributed by atoms with E-state index in [1.165, 1.54) is 0 Å². The number of ether oxygens (including phenoxy) is 1. The maximum atomic E-state index is 11.6. The van der Waals surface area contributed by atoms with Gasteiger partial charge in [0.2, 0.25) is 0 Å². The lowest BCUT2D eigenvalue weighted by atomic mass is 9.84. The van der Waals surface area contributed by atoms with Crippen molar-refractivity contribution in [2.45, 2.75) is 50.7 Å². The zero-order valence-electron chi connectivity index (χ0n) is 12.9. The van der Waals surface area contributed by atoms with Gasteiger partial charge in [-0.1, -0.05) is 6.42 Å². The molecule has 0 bridgehead atoms. The summed E-state index contributed by atoms with van der Waals surface area (Å²) in [7, 11) is 1.78. The molecule has 2 atom stereocenters. The van der Waals surface area contributed by atoms with Gasteiger partial charge in [0.1, 0.15) is 5.54 Å². The Morgan fingerprint density at radius 2 is 2.25 bits per heavy atom. The smallest absolute Gasteiger partial charge is 0.324 e. The molecule has 116 valence electrons. The Balaban J connectivity index is 1.91. The predicted octanol–water partition coefficient (Wildman–Crippen LogP) is 1.33. The Bertz CT molecular complexity index is 359. The molecule has 2 fully saturated rings. The molecule has 0 radical (unpaired) electrons. The summed E-state index contributed by atoms with van der Waals surface area (Å²) in [4.78, 5) is 14.0. The number of aliphatic carboxylic acids is 1. The van der Waals surface area contributed by atoms with Crippen LogP contribution in [0.15, 0.2) is 0 Å². The van der Waals surface area contributed by atoms with Gasteiger partial charge in [-0.15, -0.1) is 0 Å². The molecule has 1 heterocycles. The van der Waals surface area contributed by atoms with E-state index in [0.717, 1.165) is 51.9 Å². The van der Waals surface area contributed by atoms with Crippen molar-refractivity contribution in [2.24, 2.45) is 5.92 Å². The Labute approximate surface area is 121 Å². The average molecular weight is 284 g/mol. The van der Waals surface area contributed by atoms with E-state index in [0.29, 0.717) is 0 Å². The number of carbonyl (C=O) groups is 1. The number of nitrogens with zero attached hydrogens (tertiary/aromatic N) is 1. The number of likely N-dealkylation sites (N-methyl/N-ethyl adjacent to an activating group) is 1. The highest BCUT2D eigenvalue weighted by Gasteiger charge is 2.47. The molecule has 0 aromatic heterocycles. The Hall–Kier alpha value is -0.650. The van der Waals surface area contributed by atoms with Gasteiger partial charge in [-0.05, 0) is 52.6 Å². The molecule has 0 aromatic rings. The number of carboxylic acid groups (broad SMARTS) is 1. The Morgan fingerprint density at radius 1 is 1.50 bits per heavy atom. The highest BCUT2D eigenvalue weighted by atomic mass is 16.5. The second-order valence-corrected chi connectivity index (χ2v) is 6.79. The van der Waals surface area contributed by atoms with Crippen LogP contribution in [0.2, 0.25) is 0 Å². The third kappa shape index (κ3) is 3.15. The van der Waals surface area contributed by atoms with Gasteiger partial charge < -0.3 is 15.2 Å². The molecule has 5 heteroatoms. The van der Waals surface area contributed by atoms with Crippen molar-refractivity contribution in [2.75, 3.05) is 33.3 Å². The first-order valence-electron chi connectivity index (χ1n) is 7.68. The molecule has 1 aliphatic carbocycles. The van der Waals surface area contributed by atoms with Crippen molar-refractivity contribution < 1.29 is 14.6 Å². The van der Waals surface area contributed by atoms with Crippen LogP contribution in [0, 0.1) is 5.92 Å². The summed E-state index contributed by atoms with van der Waals surface area (Å²) >= 11 is 0. The van der Waals surface area contributed by atoms with Gasteiger partial charge in [0.25, 0.3) is 0 Å². The zero-order valence-corrected chi connectivity index (χ0v) is 12.9. The fraction of sp³-hybridized carbons (Fsp3) is 0.933. The summed E-state index contributed by atoms with van der Waals surface area (Å²) in [6.07, 6.45) is 3.72. The van der Waals surface area contributed by atoms with Gasteiger partial charge in [-0.2, -0.15) is 0 Å². The highest BCUT2D eigenvalue weighted by molar-refractivity contribution is 5.79. The number of morpholine rings is 1. The van der Waals surface area contributed by atoms with Crippen LogP contribution in [0.25, 0.3) is 0 Å². The maximum Gasteiger partial charge on any atom is 0.324 e. The van der Waals surface area contributed by atoms with E-state index in [2.05, 4.69) is 24.1 Å². The summed E-state index contributed by atoms with van der Waals surface area (Å²) in [6.45, 7) is 7.85. The van der Waals surface area contributed by atoms with Crippen LogP contribution in [-0.4, -0.2) is 60.4 Å². The minimum Gasteiger partial charge on any atom is -0.480 e. The number of rotatable bonds is 5. The van der Waals surface area contributed by atoms with Crippen LogP contribution in [-0.2, 0) is 9.53 Å². The fourth-order valence-electron chi connectivity index (χ4n) is 3.83. The first kappa shape index (κ1) is 15.7. The van der Waals surface area contributed by atoms with Gasteiger partial charge in [-0.25, -0.2) is 0 Å². The van der Waals surface area contributed by atoms with Gasteiger partial charge in [0.15, 0.2) is 0 Å². The number of nitrogens with one attached hydrogen (secondary N) is 1. The molecule has 0 amide bonds. The quantitative estimate of drug-likeness (QED) is 0.797.